The number of carbonyl (C=O) groups is 1. The van der Waals surface area contributed by atoms with Gasteiger partial charge >= 0.3 is 0 Å². The molecule has 0 aliphatic heterocycles. The van der Waals surface area contributed by atoms with Crippen LogP contribution in [0.5, 0.6) is 0 Å². The van der Waals surface area contributed by atoms with Gasteiger partial charge in [-0.25, -0.2) is 0 Å². The molecule has 3 unspecified atom stereocenters. The molecule has 2 aliphatic carbocycles. The summed E-state index contributed by atoms with van der Waals surface area (Å²) in [5, 5.41) is 3.13. The fourth-order valence-corrected chi connectivity index (χ4v) is 3.43. The third-order valence-corrected chi connectivity index (χ3v) is 4.86. The molecule has 2 aliphatic rings. The SMILES string of the molecule is CC(CCNC(=O)C1CC2CC2C1)c1ccccc1. The highest BCUT2D eigenvalue weighted by Gasteiger charge is 2.47. The Morgan fingerprint density at radius 3 is 2.58 bits per heavy atom. The van der Waals surface area contributed by atoms with E-state index in [1.54, 1.807) is 0 Å². The topological polar surface area (TPSA) is 29.1 Å². The van der Waals surface area contributed by atoms with Crippen molar-refractivity contribution in [1.82, 2.24) is 5.32 Å². The van der Waals surface area contributed by atoms with E-state index in [4.69, 9.17) is 0 Å². The minimum atomic E-state index is 0.299. The summed E-state index contributed by atoms with van der Waals surface area (Å²) in [6, 6.07) is 10.5. The summed E-state index contributed by atoms with van der Waals surface area (Å²) < 4.78 is 0. The Balaban J connectivity index is 1.39. The lowest BCUT2D eigenvalue weighted by atomic mass is 9.97. The van der Waals surface area contributed by atoms with Gasteiger partial charge < -0.3 is 5.32 Å². The van der Waals surface area contributed by atoms with Crippen molar-refractivity contribution < 1.29 is 4.79 Å². The number of benzene rings is 1. The quantitative estimate of drug-likeness (QED) is 0.861. The molecule has 0 radical (unpaired) electrons. The average Bonchev–Trinajstić information content (AvgIpc) is 3.06. The van der Waals surface area contributed by atoms with Gasteiger partial charge in [0.2, 0.25) is 5.91 Å². The zero-order valence-electron chi connectivity index (χ0n) is 11.6. The van der Waals surface area contributed by atoms with Crippen molar-refractivity contribution in [3.63, 3.8) is 0 Å². The lowest BCUT2D eigenvalue weighted by Gasteiger charge is -2.15. The Hall–Kier alpha value is -1.31. The molecule has 19 heavy (non-hydrogen) atoms. The van der Waals surface area contributed by atoms with Crippen molar-refractivity contribution in [2.45, 2.75) is 38.5 Å². The van der Waals surface area contributed by atoms with E-state index in [9.17, 15) is 4.79 Å². The normalized spacial score (nSPS) is 29.6. The first-order valence-corrected chi connectivity index (χ1v) is 7.56. The van der Waals surface area contributed by atoms with Gasteiger partial charge in [-0.05, 0) is 49.0 Å². The van der Waals surface area contributed by atoms with Gasteiger partial charge in [0, 0.05) is 12.5 Å². The number of carbonyl (C=O) groups excluding carboxylic acids is 1. The number of hydrogen-bond acceptors (Lipinski definition) is 1. The maximum absolute atomic E-state index is 12.0. The summed E-state index contributed by atoms with van der Waals surface area (Å²) in [6.45, 7) is 3.03. The third-order valence-electron chi connectivity index (χ3n) is 4.86. The lowest BCUT2D eigenvalue weighted by molar-refractivity contribution is -0.125. The molecular weight excluding hydrogens is 234 g/mol. The number of nitrogens with one attached hydrogen (secondary N) is 1. The minimum absolute atomic E-state index is 0.299. The van der Waals surface area contributed by atoms with Crippen LogP contribution in [0, 0.1) is 17.8 Å². The van der Waals surface area contributed by atoms with Crippen LogP contribution >= 0.6 is 0 Å². The van der Waals surface area contributed by atoms with E-state index in [2.05, 4.69) is 36.5 Å². The molecule has 2 saturated carbocycles. The summed E-state index contributed by atoms with van der Waals surface area (Å²) in [4.78, 5) is 12.0. The average molecular weight is 257 g/mol. The van der Waals surface area contributed by atoms with E-state index >= 15 is 0 Å². The van der Waals surface area contributed by atoms with Gasteiger partial charge in [-0.1, -0.05) is 37.3 Å². The Morgan fingerprint density at radius 2 is 1.89 bits per heavy atom. The molecule has 1 amide bonds. The highest BCUT2D eigenvalue weighted by molar-refractivity contribution is 5.79. The second kappa shape index (κ2) is 5.36. The van der Waals surface area contributed by atoms with E-state index in [1.165, 1.54) is 12.0 Å². The van der Waals surface area contributed by atoms with Crippen molar-refractivity contribution >= 4 is 5.91 Å². The zero-order valence-corrected chi connectivity index (χ0v) is 11.6. The Bertz CT molecular complexity index is 432. The molecule has 0 aromatic heterocycles. The summed E-state index contributed by atoms with van der Waals surface area (Å²) >= 11 is 0. The largest absolute Gasteiger partial charge is 0.356 e. The molecule has 0 bridgehead atoms. The van der Waals surface area contributed by atoms with Crippen LogP contribution in [-0.4, -0.2) is 12.5 Å². The smallest absolute Gasteiger partial charge is 0.223 e. The van der Waals surface area contributed by atoms with Crippen LogP contribution in [0.1, 0.15) is 44.1 Å². The molecule has 2 heteroatoms. The molecule has 2 nitrogen and oxygen atoms in total. The molecule has 0 heterocycles. The van der Waals surface area contributed by atoms with E-state index < -0.39 is 0 Å². The standard InChI is InChI=1S/C17H23NO/c1-12(13-5-3-2-4-6-13)7-8-18-17(19)16-10-14-9-15(14)11-16/h2-6,12,14-16H,7-11H2,1H3,(H,18,19). The maximum atomic E-state index is 12.0. The first-order valence-electron chi connectivity index (χ1n) is 7.56. The molecule has 102 valence electrons. The maximum Gasteiger partial charge on any atom is 0.223 e. The van der Waals surface area contributed by atoms with Crippen molar-refractivity contribution in [3.8, 4) is 0 Å². The zero-order chi connectivity index (χ0) is 13.2. The van der Waals surface area contributed by atoms with Gasteiger partial charge in [-0.3, -0.25) is 4.79 Å². The second-order valence-electron chi connectivity index (χ2n) is 6.32. The predicted octanol–water partition coefficient (Wildman–Crippen LogP) is 3.34. The fourth-order valence-electron chi connectivity index (χ4n) is 3.43. The molecule has 1 aromatic carbocycles. The Labute approximate surface area is 115 Å². The van der Waals surface area contributed by atoms with Crippen LogP contribution in [0.4, 0.5) is 0 Å². The molecule has 3 atom stereocenters. The van der Waals surface area contributed by atoms with Gasteiger partial charge in [0.15, 0.2) is 0 Å². The molecule has 1 aromatic rings. The summed E-state index contributed by atoms with van der Waals surface area (Å²) in [5.41, 5.74) is 1.36. The second-order valence-corrected chi connectivity index (χ2v) is 6.32. The summed E-state index contributed by atoms with van der Waals surface area (Å²) in [5.74, 6) is 2.90. The van der Waals surface area contributed by atoms with Gasteiger partial charge in [0.1, 0.15) is 0 Å². The highest BCUT2D eigenvalue weighted by Crippen LogP contribution is 2.54. The van der Waals surface area contributed by atoms with Crippen LogP contribution in [0.25, 0.3) is 0 Å². The van der Waals surface area contributed by atoms with Crippen LogP contribution in [0.3, 0.4) is 0 Å². The van der Waals surface area contributed by atoms with Crippen molar-refractivity contribution in [1.29, 1.82) is 0 Å². The number of rotatable bonds is 5. The van der Waals surface area contributed by atoms with Gasteiger partial charge in [0.05, 0.1) is 0 Å². The molecule has 0 spiro atoms. The van der Waals surface area contributed by atoms with Gasteiger partial charge in [-0.2, -0.15) is 0 Å². The monoisotopic (exact) mass is 257 g/mol. The first kappa shape index (κ1) is 12.7. The Kier molecular flexibility index (Phi) is 3.58. The fraction of sp³-hybridized carbons (Fsp3) is 0.588. The molecule has 2 fully saturated rings. The summed E-state index contributed by atoms with van der Waals surface area (Å²) in [7, 11) is 0. The number of fused-ring (bicyclic) bond motifs is 1. The van der Waals surface area contributed by atoms with Crippen molar-refractivity contribution in [2.24, 2.45) is 17.8 Å². The van der Waals surface area contributed by atoms with E-state index in [0.29, 0.717) is 17.7 Å². The Morgan fingerprint density at radius 1 is 1.21 bits per heavy atom. The van der Waals surface area contributed by atoms with E-state index in [1.807, 2.05) is 6.07 Å². The predicted molar refractivity (Wildman–Crippen MR) is 76.8 cm³/mol. The number of hydrogen-bond donors (Lipinski definition) is 1. The number of amides is 1. The van der Waals surface area contributed by atoms with Crippen LogP contribution in [-0.2, 0) is 4.79 Å². The van der Waals surface area contributed by atoms with E-state index in [-0.39, 0.29) is 0 Å². The molecule has 1 N–H and O–H groups in total. The first-order chi connectivity index (χ1) is 9.24. The lowest BCUT2D eigenvalue weighted by Crippen LogP contribution is -2.31. The van der Waals surface area contributed by atoms with E-state index in [0.717, 1.165) is 37.6 Å². The molecular formula is C17H23NO. The van der Waals surface area contributed by atoms with Crippen LogP contribution in [0.2, 0.25) is 0 Å². The minimum Gasteiger partial charge on any atom is -0.356 e. The van der Waals surface area contributed by atoms with Crippen molar-refractivity contribution in [2.75, 3.05) is 6.54 Å². The highest BCUT2D eigenvalue weighted by atomic mass is 16.1. The van der Waals surface area contributed by atoms with Gasteiger partial charge in [-0.15, -0.1) is 0 Å². The van der Waals surface area contributed by atoms with Gasteiger partial charge in [0.25, 0.3) is 0 Å². The molecule has 3 rings (SSSR count). The van der Waals surface area contributed by atoms with Crippen molar-refractivity contribution in [3.05, 3.63) is 35.9 Å². The van der Waals surface area contributed by atoms with Crippen LogP contribution in [0.15, 0.2) is 30.3 Å². The third kappa shape index (κ3) is 2.99. The molecule has 0 saturated heterocycles. The summed E-state index contributed by atoms with van der Waals surface area (Å²) in [6.07, 6.45) is 4.69. The van der Waals surface area contributed by atoms with Crippen LogP contribution < -0.4 is 5.32 Å².